The normalized spacial score (nSPS) is 31.3. The quantitative estimate of drug-likeness (QED) is 0.528. The highest BCUT2D eigenvalue weighted by molar-refractivity contribution is 5.71. The van der Waals surface area contributed by atoms with Crippen LogP contribution in [0.3, 0.4) is 0 Å². The number of benzene rings is 1. The van der Waals surface area contributed by atoms with Crippen molar-refractivity contribution < 1.29 is 28.9 Å². The summed E-state index contributed by atoms with van der Waals surface area (Å²) in [4.78, 5) is 14.6. The second kappa shape index (κ2) is 11.8. The van der Waals surface area contributed by atoms with E-state index < -0.39 is 24.3 Å². The van der Waals surface area contributed by atoms with Gasteiger partial charge in [-0.05, 0) is 55.0 Å². The molecule has 5 atom stereocenters. The molecule has 0 saturated carbocycles. The number of rotatable bonds is 3. The number of hydrogen-bond acceptors (Lipinski definition) is 6. The summed E-state index contributed by atoms with van der Waals surface area (Å²) in [5.74, 6) is -1.04. The van der Waals surface area contributed by atoms with Crippen LogP contribution >= 0.6 is 0 Å². The number of carbonyl (C=O) groups excluding carboxylic acids is 1. The highest BCUT2D eigenvalue weighted by atomic mass is 19.1. The molecule has 2 N–H and O–H groups in total. The van der Waals surface area contributed by atoms with Crippen LogP contribution in [0.1, 0.15) is 45.6 Å². The third kappa shape index (κ3) is 7.39. The lowest BCUT2D eigenvalue weighted by molar-refractivity contribution is -0.151. The molecule has 1 aromatic rings. The number of halogens is 1. The van der Waals surface area contributed by atoms with Crippen molar-refractivity contribution >= 4 is 17.7 Å². The fourth-order valence-corrected chi connectivity index (χ4v) is 4.33. The first-order valence-corrected chi connectivity index (χ1v) is 11.8. The van der Waals surface area contributed by atoms with Gasteiger partial charge in [0.2, 0.25) is 0 Å². The Morgan fingerprint density at radius 3 is 2.58 bits per heavy atom. The maximum atomic E-state index is 14.4. The number of aliphatic hydroxyl groups is 2. The molecule has 2 heterocycles. The summed E-state index contributed by atoms with van der Waals surface area (Å²) < 4.78 is 25.5. The van der Waals surface area contributed by atoms with Gasteiger partial charge in [-0.1, -0.05) is 32.1 Å². The molecule has 0 spiro atoms. The lowest BCUT2D eigenvalue weighted by Crippen LogP contribution is -2.36. The molecule has 33 heavy (non-hydrogen) atoms. The first-order valence-electron chi connectivity index (χ1n) is 11.8. The zero-order chi connectivity index (χ0) is 24.0. The van der Waals surface area contributed by atoms with Gasteiger partial charge in [-0.25, -0.2) is 4.39 Å². The van der Waals surface area contributed by atoms with Crippen LogP contribution in [-0.4, -0.2) is 60.8 Å². The van der Waals surface area contributed by atoms with Crippen LogP contribution in [0.15, 0.2) is 35.9 Å². The molecule has 0 amide bonds. The predicted molar refractivity (Wildman–Crippen MR) is 126 cm³/mol. The first kappa shape index (κ1) is 25.4. The zero-order valence-electron chi connectivity index (χ0n) is 19.7. The summed E-state index contributed by atoms with van der Waals surface area (Å²) in [5.41, 5.74) is 2.23. The van der Waals surface area contributed by atoms with Crippen LogP contribution in [-0.2, 0) is 14.3 Å². The summed E-state index contributed by atoms with van der Waals surface area (Å²) in [7, 11) is 0. The Morgan fingerprint density at radius 1 is 1.12 bits per heavy atom. The molecule has 1 saturated heterocycles. The molecule has 0 aromatic heterocycles. The van der Waals surface area contributed by atoms with E-state index in [2.05, 4.69) is 4.90 Å². The molecule has 0 unspecified atom stereocenters. The summed E-state index contributed by atoms with van der Waals surface area (Å²) in [6, 6.07) is 4.90. The molecule has 0 radical (unpaired) electrons. The summed E-state index contributed by atoms with van der Waals surface area (Å²) >= 11 is 0. The van der Waals surface area contributed by atoms with E-state index in [1.165, 1.54) is 12.1 Å². The molecular formula is C26H36FNO5. The molecule has 2 aliphatic rings. The average molecular weight is 462 g/mol. The second-order valence-corrected chi connectivity index (χ2v) is 9.29. The topological polar surface area (TPSA) is 79.2 Å². The number of aliphatic hydroxyl groups excluding tert-OH is 2. The molecule has 1 aromatic carbocycles. The van der Waals surface area contributed by atoms with Crippen molar-refractivity contribution in [2.45, 2.75) is 58.3 Å². The largest absolute Gasteiger partial charge is 0.457 e. The minimum Gasteiger partial charge on any atom is -0.457 e. The summed E-state index contributed by atoms with van der Waals surface area (Å²) in [6.07, 6.45) is 4.31. The Labute approximate surface area is 195 Å². The van der Waals surface area contributed by atoms with Crippen LogP contribution in [0.5, 0.6) is 0 Å². The van der Waals surface area contributed by atoms with E-state index in [4.69, 9.17) is 9.47 Å². The molecule has 6 nitrogen and oxygen atoms in total. The third-order valence-electron chi connectivity index (χ3n) is 6.41. The van der Waals surface area contributed by atoms with Crippen LogP contribution in [0.2, 0.25) is 0 Å². The van der Waals surface area contributed by atoms with Crippen molar-refractivity contribution in [3.63, 3.8) is 0 Å². The summed E-state index contributed by atoms with van der Waals surface area (Å²) in [5, 5.41) is 20.6. The second-order valence-electron chi connectivity index (χ2n) is 9.29. The van der Waals surface area contributed by atoms with Crippen LogP contribution in [0, 0.1) is 17.7 Å². The van der Waals surface area contributed by atoms with Gasteiger partial charge in [0.05, 0.1) is 31.8 Å². The van der Waals surface area contributed by atoms with Gasteiger partial charge >= 0.3 is 5.97 Å². The van der Waals surface area contributed by atoms with Crippen LogP contribution < -0.4 is 4.90 Å². The van der Waals surface area contributed by atoms with Gasteiger partial charge in [-0.2, -0.15) is 0 Å². The third-order valence-corrected chi connectivity index (χ3v) is 6.41. The molecule has 0 aliphatic carbocycles. The van der Waals surface area contributed by atoms with Gasteiger partial charge < -0.3 is 24.6 Å². The highest BCUT2D eigenvalue weighted by Gasteiger charge is 2.25. The van der Waals surface area contributed by atoms with E-state index in [1.54, 1.807) is 6.08 Å². The van der Waals surface area contributed by atoms with Crippen molar-refractivity contribution in [2.24, 2.45) is 11.8 Å². The van der Waals surface area contributed by atoms with Crippen LogP contribution in [0.4, 0.5) is 10.1 Å². The summed E-state index contributed by atoms with van der Waals surface area (Å²) in [6.45, 7) is 8.32. The number of esters is 1. The van der Waals surface area contributed by atoms with E-state index in [9.17, 15) is 19.4 Å². The maximum Gasteiger partial charge on any atom is 0.309 e. The smallest absolute Gasteiger partial charge is 0.309 e. The Bertz CT molecular complexity index is 864. The van der Waals surface area contributed by atoms with E-state index >= 15 is 0 Å². The van der Waals surface area contributed by atoms with Crippen molar-refractivity contribution in [3.05, 3.63) is 47.3 Å². The Morgan fingerprint density at radius 2 is 1.85 bits per heavy atom. The monoisotopic (exact) mass is 461 g/mol. The molecule has 2 aliphatic heterocycles. The van der Waals surface area contributed by atoms with Gasteiger partial charge in [0.25, 0.3) is 0 Å². The highest BCUT2D eigenvalue weighted by Crippen LogP contribution is 2.26. The number of carbonyl (C=O) groups is 1. The van der Waals surface area contributed by atoms with Gasteiger partial charge in [0.15, 0.2) is 0 Å². The van der Waals surface area contributed by atoms with Crippen LogP contribution in [0.25, 0.3) is 6.08 Å². The van der Waals surface area contributed by atoms with Crippen molar-refractivity contribution in [1.29, 1.82) is 0 Å². The Balaban J connectivity index is 1.87. The SMILES string of the molecule is C/C(=C\c1cc(F)cc(N2CCOCC2)c1)[C@H]1OC(=O)C[C@H](O)CC[C@H](C)[C@@H](O)/C=C/[C@@H]1C. The molecule has 1 fully saturated rings. The fraction of sp³-hybridized carbons (Fsp3) is 0.577. The van der Waals surface area contributed by atoms with Crippen molar-refractivity contribution in [3.8, 4) is 0 Å². The van der Waals surface area contributed by atoms with E-state index in [0.29, 0.717) is 44.7 Å². The molecule has 0 bridgehead atoms. The predicted octanol–water partition coefficient (Wildman–Crippen LogP) is 3.71. The fourth-order valence-electron chi connectivity index (χ4n) is 4.33. The zero-order valence-corrected chi connectivity index (χ0v) is 19.7. The molecule has 3 rings (SSSR count). The standard InChI is InChI=1S/C26H36FNO5/c1-17-4-6-23(29)16-25(31)33-26(18(2)5-7-24(17)30)19(3)12-20-13-21(27)15-22(14-20)28-8-10-32-11-9-28/h5,7,12-15,17-18,23-24,26,29-30H,4,6,8-11,16H2,1-3H3/b7-5+,19-12+/t17-,18-,23+,24-,26-/m0/s1. The number of anilines is 1. The molecular weight excluding hydrogens is 425 g/mol. The Kier molecular flexibility index (Phi) is 9.06. The lowest BCUT2D eigenvalue weighted by atomic mass is 9.91. The first-order chi connectivity index (χ1) is 15.7. The Hall–Kier alpha value is -2.22. The van der Waals surface area contributed by atoms with Gasteiger partial charge in [-0.3, -0.25) is 4.79 Å². The van der Waals surface area contributed by atoms with Gasteiger partial charge in [-0.15, -0.1) is 0 Å². The minimum absolute atomic E-state index is 0.0282. The number of cyclic esters (lactones) is 1. The van der Waals surface area contributed by atoms with E-state index in [1.807, 2.05) is 39.0 Å². The minimum atomic E-state index is -0.810. The number of morpholine rings is 1. The number of nitrogens with zero attached hydrogens (tertiary/aromatic N) is 1. The van der Waals surface area contributed by atoms with E-state index in [-0.39, 0.29) is 24.1 Å². The van der Waals surface area contributed by atoms with Gasteiger partial charge in [0, 0.05) is 24.7 Å². The van der Waals surface area contributed by atoms with Crippen molar-refractivity contribution in [2.75, 3.05) is 31.2 Å². The number of hydrogen-bond donors (Lipinski definition) is 2. The maximum absolute atomic E-state index is 14.4. The van der Waals surface area contributed by atoms with E-state index in [0.717, 1.165) is 11.3 Å². The molecule has 7 heteroatoms. The molecule has 182 valence electrons. The number of ether oxygens (including phenoxy) is 2. The average Bonchev–Trinajstić information content (AvgIpc) is 2.78. The van der Waals surface area contributed by atoms with Gasteiger partial charge in [0.1, 0.15) is 11.9 Å². The lowest BCUT2D eigenvalue weighted by Gasteiger charge is -2.29. The van der Waals surface area contributed by atoms with Crippen molar-refractivity contribution in [1.82, 2.24) is 0 Å².